The number of likely N-dealkylation sites (N-methyl/N-ethyl adjacent to an activating group) is 1. The summed E-state index contributed by atoms with van der Waals surface area (Å²) in [7, 11) is 9.94. The zero-order valence-corrected chi connectivity index (χ0v) is 46.8. The van der Waals surface area contributed by atoms with E-state index in [0.29, 0.717) is 24.3 Å². The molecule has 1 aromatic heterocycles. The van der Waals surface area contributed by atoms with E-state index < -0.39 is 113 Å². The normalized spacial score (nSPS) is 37.0. The van der Waals surface area contributed by atoms with E-state index >= 15 is 0 Å². The molecule has 0 unspecified atom stereocenters. The summed E-state index contributed by atoms with van der Waals surface area (Å²) in [4.78, 5) is 60.2. The van der Waals surface area contributed by atoms with Crippen LogP contribution in [0.3, 0.4) is 0 Å². The lowest BCUT2D eigenvalue weighted by Crippen LogP contribution is -2.64. The van der Waals surface area contributed by atoms with Crippen LogP contribution in [0.25, 0.3) is 10.9 Å². The Hall–Kier alpha value is -4.18. The number of carboxylic acid groups (broad SMARTS) is 1. The molecule has 6 rings (SSSR count). The van der Waals surface area contributed by atoms with E-state index in [4.69, 9.17) is 42.7 Å². The van der Waals surface area contributed by atoms with E-state index in [1.807, 2.05) is 32.0 Å². The number of aliphatic hydroxyl groups excluding tert-OH is 2. The topological polar surface area (TPSA) is 288 Å². The summed E-state index contributed by atoms with van der Waals surface area (Å²) in [5.74, 6) is -4.32. The van der Waals surface area contributed by atoms with Crippen LogP contribution in [0, 0.1) is 17.8 Å². The van der Waals surface area contributed by atoms with Crippen LogP contribution in [0.4, 0.5) is 4.79 Å². The van der Waals surface area contributed by atoms with Crippen LogP contribution in [-0.4, -0.2) is 211 Å². The number of hydrogen-bond donors (Lipinski definition) is 6. The molecule has 0 spiro atoms. The van der Waals surface area contributed by atoms with E-state index in [1.54, 1.807) is 77.5 Å². The Bertz CT molecular complexity index is 2430. The van der Waals surface area contributed by atoms with Gasteiger partial charge < -0.3 is 83.5 Å². The van der Waals surface area contributed by atoms with Gasteiger partial charge in [0.2, 0.25) is 5.43 Å². The second-order valence-corrected chi connectivity index (χ2v) is 22.8. The highest BCUT2D eigenvalue weighted by Crippen LogP contribution is 2.44. The number of oxime groups is 1. The zero-order valence-electron chi connectivity index (χ0n) is 46.0. The van der Waals surface area contributed by atoms with Gasteiger partial charge in [0.25, 0.3) is 0 Å². The Balaban J connectivity index is 1.14. The third kappa shape index (κ3) is 13.4. The highest BCUT2D eigenvalue weighted by atomic mass is 32.2. The Labute approximate surface area is 448 Å². The number of pyridine rings is 1. The molecule has 3 saturated heterocycles. The number of aromatic nitrogens is 1. The standard InChI is InChI=1S/C52H81N5O18S/c1-27-24-50(6,65)44(74-48-41(59)36(55(8)9)22-28(2)70-48)29(3)42(30(4)47(63)72-37-16-17-52(37,66)43(60)39(27)54-68-13)73-38-25-51(7,67-12)45(31(5)71-38)75-49(64)53-18-19-69-20-21-76-32-14-15-35-33(23-32)40(58)34(46(61)62)26-57(35)56(10)11/h14-15,23,26-31,36-38,41-45,48,59-60,65-66H,16-22,24-25H2,1-13H3,(H,53,64)(H,61,62)/b54-39+/t27-,28-,29+,30-,31+,36+,37-,38+,41-,42+,43-,44-,45+,48+,50-,51-,52-/m1/s1. The summed E-state index contributed by atoms with van der Waals surface area (Å²) in [6.45, 7) is 12.5. The average Bonchev–Trinajstić information content (AvgIpc) is 3.35. The molecule has 2 aromatic rings. The maximum atomic E-state index is 14.3. The number of carbonyl (C=O) groups excluding carboxylic acids is 2. The Morgan fingerprint density at radius 2 is 1.68 bits per heavy atom. The predicted octanol–water partition coefficient (Wildman–Crippen LogP) is 2.70. The van der Waals surface area contributed by atoms with Crippen molar-refractivity contribution >= 4 is 46.4 Å². The fourth-order valence-corrected chi connectivity index (χ4v) is 11.9. The zero-order chi connectivity index (χ0) is 56.2. The van der Waals surface area contributed by atoms with Crippen molar-refractivity contribution in [3.8, 4) is 0 Å². The molecular formula is C52H81N5O18S. The largest absolute Gasteiger partial charge is 0.477 e. The van der Waals surface area contributed by atoms with E-state index in [-0.39, 0.29) is 67.6 Å². The van der Waals surface area contributed by atoms with Gasteiger partial charge in [0.05, 0.1) is 60.4 Å². The number of thioether (sulfide) groups is 1. The smallest absolute Gasteiger partial charge is 0.407 e. The molecule has 4 heterocycles. The Morgan fingerprint density at radius 1 is 0.974 bits per heavy atom. The second kappa shape index (κ2) is 25.3. The van der Waals surface area contributed by atoms with Gasteiger partial charge in [0, 0.05) is 74.3 Å². The number of benzene rings is 1. The highest BCUT2D eigenvalue weighted by molar-refractivity contribution is 7.99. The molecule has 1 aliphatic carbocycles. The number of carboxylic acids is 1. The first-order valence-corrected chi connectivity index (χ1v) is 26.9. The van der Waals surface area contributed by atoms with Crippen molar-refractivity contribution in [1.29, 1.82) is 0 Å². The van der Waals surface area contributed by atoms with E-state index in [2.05, 4.69) is 10.5 Å². The van der Waals surface area contributed by atoms with Crippen molar-refractivity contribution in [3.63, 3.8) is 0 Å². The molecule has 4 fully saturated rings. The lowest BCUT2D eigenvalue weighted by atomic mass is 9.69. The van der Waals surface area contributed by atoms with Gasteiger partial charge in [0.15, 0.2) is 18.7 Å². The lowest BCUT2D eigenvalue weighted by Gasteiger charge is -2.49. The number of aromatic carboxylic acids is 1. The van der Waals surface area contributed by atoms with Crippen molar-refractivity contribution in [2.24, 2.45) is 22.9 Å². The number of methoxy groups -OCH3 is 1. The summed E-state index contributed by atoms with van der Waals surface area (Å²) in [6.07, 6.45) is -9.46. The molecule has 23 nitrogen and oxygen atoms in total. The van der Waals surface area contributed by atoms with Crippen LogP contribution in [0.5, 0.6) is 0 Å². The van der Waals surface area contributed by atoms with Gasteiger partial charge in [0.1, 0.15) is 42.2 Å². The van der Waals surface area contributed by atoms with Crippen LogP contribution in [0.15, 0.2) is 39.2 Å². The molecule has 3 aliphatic heterocycles. The number of fused-ring (bicyclic) bond motifs is 2. The van der Waals surface area contributed by atoms with Gasteiger partial charge >= 0.3 is 18.0 Å². The second-order valence-electron chi connectivity index (χ2n) is 21.6. The van der Waals surface area contributed by atoms with E-state index in [9.17, 15) is 44.7 Å². The summed E-state index contributed by atoms with van der Waals surface area (Å²) < 4.78 is 51.5. The Kier molecular flexibility index (Phi) is 20.3. The van der Waals surface area contributed by atoms with Crippen LogP contribution in [0.1, 0.15) is 90.9 Å². The number of alkyl carbamates (subject to hydrolysis) is 1. The van der Waals surface area contributed by atoms with Crippen molar-refractivity contribution in [2.45, 2.75) is 170 Å². The third-order valence-electron chi connectivity index (χ3n) is 15.4. The van der Waals surface area contributed by atoms with E-state index in [0.717, 1.165) is 4.90 Å². The molecule has 1 saturated carbocycles. The number of ether oxygens (including phenoxy) is 8. The van der Waals surface area contributed by atoms with Crippen LogP contribution in [-0.2, 0) is 47.5 Å². The first kappa shape index (κ1) is 61.0. The quantitative estimate of drug-likeness (QED) is 0.0575. The van der Waals surface area contributed by atoms with Crippen LogP contribution in [0.2, 0.25) is 0 Å². The number of nitrogens with one attached hydrogen (secondary N) is 1. The number of nitrogens with zero attached hydrogens (tertiary/aromatic N) is 4. The monoisotopic (exact) mass is 1100 g/mol. The van der Waals surface area contributed by atoms with Gasteiger partial charge in [-0.25, -0.2) is 9.59 Å². The first-order chi connectivity index (χ1) is 35.7. The van der Waals surface area contributed by atoms with Gasteiger partial charge in [-0.2, -0.15) is 0 Å². The number of aliphatic hydroxyl groups is 4. The SMILES string of the molecule is CO/N=C1\[C@H](C)C[C@@](C)(O)[C@H](O[C@@H]2O[C@H](C)C[C@H](N(C)C)[C@H]2O)[C@@H](C)[C@H](O[C@H]2C[C@@](C)(OC)[C@@H](OC(=O)NCCOCCSc3ccc4c(c3)c(=O)c(C(=O)O)cn4N(C)C)[C@H](C)O2)[C@@H](C)C(=O)O[C@@H]2CC[C@]2(O)[C@@H]1O. The highest BCUT2D eigenvalue weighted by Gasteiger charge is 2.58. The van der Waals surface area contributed by atoms with Gasteiger partial charge in [-0.15, -0.1) is 11.8 Å². The molecule has 428 valence electrons. The van der Waals surface area contributed by atoms with Crippen LogP contribution >= 0.6 is 11.8 Å². The molecule has 0 bridgehead atoms. The van der Waals surface area contributed by atoms with Gasteiger partial charge in [-0.3, -0.25) is 14.3 Å². The van der Waals surface area contributed by atoms with Crippen molar-refractivity contribution in [3.05, 3.63) is 40.2 Å². The Morgan fingerprint density at radius 3 is 2.30 bits per heavy atom. The molecule has 76 heavy (non-hydrogen) atoms. The molecule has 4 aliphatic rings. The number of rotatable bonds is 17. The summed E-state index contributed by atoms with van der Waals surface area (Å²) in [5.41, 5.74) is -5.24. The predicted molar refractivity (Wildman–Crippen MR) is 279 cm³/mol. The minimum Gasteiger partial charge on any atom is -0.477 e. The van der Waals surface area contributed by atoms with Crippen molar-refractivity contribution in [2.75, 3.05) is 72.9 Å². The number of amides is 1. The number of carbonyl (C=O) groups is 3. The summed E-state index contributed by atoms with van der Waals surface area (Å²) >= 11 is 1.43. The van der Waals surface area contributed by atoms with Crippen LogP contribution < -0.4 is 15.8 Å². The molecule has 6 N–H and O–H groups in total. The fraction of sp³-hybridized carbons (Fsp3) is 0.750. The molecule has 24 heteroatoms. The lowest BCUT2D eigenvalue weighted by molar-refractivity contribution is -0.317. The fourth-order valence-electron chi connectivity index (χ4n) is 11.1. The third-order valence-corrected chi connectivity index (χ3v) is 16.4. The number of hydrogen-bond acceptors (Lipinski definition) is 21. The summed E-state index contributed by atoms with van der Waals surface area (Å²) in [5, 5.41) is 66.3. The van der Waals surface area contributed by atoms with Crippen molar-refractivity contribution in [1.82, 2.24) is 14.9 Å². The molecular weight excluding hydrogens is 1010 g/mol. The first-order valence-electron chi connectivity index (χ1n) is 25.9. The van der Waals surface area contributed by atoms with E-state index in [1.165, 1.54) is 32.2 Å². The maximum Gasteiger partial charge on any atom is 0.407 e. The summed E-state index contributed by atoms with van der Waals surface area (Å²) in [6, 6.07) is 4.91. The molecule has 17 atom stereocenters. The molecule has 1 aromatic carbocycles. The van der Waals surface area contributed by atoms with Crippen molar-refractivity contribution < 1.29 is 82.6 Å². The minimum atomic E-state index is -1.91. The maximum absolute atomic E-state index is 14.3. The minimum absolute atomic E-state index is 0.00188. The molecule has 0 radical (unpaired) electrons. The molecule has 1 amide bonds. The van der Waals surface area contributed by atoms with Gasteiger partial charge in [-0.1, -0.05) is 19.0 Å². The van der Waals surface area contributed by atoms with Gasteiger partial charge in [-0.05, 0) is 92.6 Å². The number of esters is 1. The average molecular weight is 1100 g/mol.